The number of rotatable bonds is 5. The molecule has 0 bridgehead atoms. The van der Waals surface area contributed by atoms with Gasteiger partial charge in [0.1, 0.15) is 5.69 Å². The zero-order chi connectivity index (χ0) is 21.0. The molecule has 3 rings (SSSR count). The molecule has 0 aliphatic heterocycles. The Bertz CT molecular complexity index is 1060. The van der Waals surface area contributed by atoms with Gasteiger partial charge in [0.15, 0.2) is 0 Å². The van der Waals surface area contributed by atoms with Gasteiger partial charge in [0.2, 0.25) is 11.9 Å². The van der Waals surface area contributed by atoms with E-state index < -0.39 is 0 Å². The Balaban J connectivity index is 1.77. The SMILES string of the molecule is CC(=O)Nc1ccc(NC(=O)c2cc(C)nc(Nc3cc(C)ccc3C)n2)cc1. The highest BCUT2D eigenvalue weighted by Crippen LogP contribution is 2.20. The first-order valence-corrected chi connectivity index (χ1v) is 9.19. The van der Waals surface area contributed by atoms with E-state index in [-0.39, 0.29) is 17.5 Å². The second kappa shape index (κ2) is 8.52. The van der Waals surface area contributed by atoms with Crippen LogP contribution in [0.1, 0.15) is 34.2 Å². The van der Waals surface area contributed by atoms with Gasteiger partial charge in [-0.1, -0.05) is 12.1 Å². The summed E-state index contributed by atoms with van der Waals surface area (Å²) in [7, 11) is 0. The van der Waals surface area contributed by atoms with Gasteiger partial charge in [-0.25, -0.2) is 9.97 Å². The molecule has 0 saturated carbocycles. The maximum Gasteiger partial charge on any atom is 0.274 e. The minimum absolute atomic E-state index is 0.151. The van der Waals surface area contributed by atoms with Gasteiger partial charge in [0, 0.05) is 29.7 Å². The quantitative estimate of drug-likeness (QED) is 0.603. The van der Waals surface area contributed by atoms with Gasteiger partial charge in [0.05, 0.1) is 0 Å². The molecule has 0 aliphatic carbocycles. The third-order valence-electron chi connectivity index (χ3n) is 4.19. The molecule has 0 atom stereocenters. The number of carbonyl (C=O) groups excluding carboxylic acids is 2. The molecule has 3 aromatic rings. The number of aryl methyl sites for hydroxylation is 3. The van der Waals surface area contributed by atoms with Gasteiger partial charge < -0.3 is 16.0 Å². The zero-order valence-electron chi connectivity index (χ0n) is 16.8. The van der Waals surface area contributed by atoms with Crippen molar-refractivity contribution in [2.45, 2.75) is 27.7 Å². The van der Waals surface area contributed by atoms with Gasteiger partial charge in [-0.15, -0.1) is 0 Å². The molecule has 1 heterocycles. The summed E-state index contributed by atoms with van der Waals surface area (Å²) in [5.74, 6) is -0.126. The molecule has 2 amide bonds. The van der Waals surface area contributed by atoms with E-state index >= 15 is 0 Å². The second-order valence-electron chi connectivity index (χ2n) is 6.87. The van der Waals surface area contributed by atoms with Gasteiger partial charge >= 0.3 is 0 Å². The Hall–Kier alpha value is -3.74. The molecule has 0 saturated heterocycles. The van der Waals surface area contributed by atoms with Crippen molar-refractivity contribution in [1.29, 1.82) is 0 Å². The predicted octanol–water partition coefficient (Wildman–Crippen LogP) is 4.36. The van der Waals surface area contributed by atoms with Crippen molar-refractivity contribution in [2.75, 3.05) is 16.0 Å². The van der Waals surface area contributed by atoms with Crippen LogP contribution in [0.4, 0.5) is 23.0 Å². The number of nitrogens with zero attached hydrogens (tertiary/aromatic N) is 2. The third kappa shape index (κ3) is 5.38. The number of anilines is 4. The minimum atomic E-state index is -0.341. The van der Waals surface area contributed by atoms with E-state index in [0.717, 1.165) is 16.8 Å². The van der Waals surface area contributed by atoms with Crippen molar-refractivity contribution >= 4 is 34.8 Å². The lowest BCUT2D eigenvalue weighted by Gasteiger charge is -2.11. The standard InChI is InChI=1S/C22H23N5O2/c1-13-5-6-14(2)19(11-13)26-22-23-15(3)12-20(27-22)21(29)25-18-9-7-17(8-10-18)24-16(4)28/h5-12H,1-4H3,(H,24,28)(H,25,29)(H,23,26,27). The van der Waals surface area contributed by atoms with Crippen molar-refractivity contribution < 1.29 is 9.59 Å². The molecule has 29 heavy (non-hydrogen) atoms. The fourth-order valence-corrected chi connectivity index (χ4v) is 2.77. The molecule has 0 radical (unpaired) electrons. The van der Waals surface area contributed by atoms with E-state index in [1.807, 2.05) is 39.0 Å². The summed E-state index contributed by atoms with van der Waals surface area (Å²) in [6, 6.07) is 14.6. The summed E-state index contributed by atoms with van der Waals surface area (Å²) in [6.07, 6.45) is 0. The molecule has 0 spiro atoms. The highest BCUT2D eigenvalue weighted by molar-refractivity contribution is 6.03. The average Bonchev–Trinajstić information content (AvgIpc) is 2.65. The lowest BCUT2D eigenvalue weighted by molar-refractivity contribution is -0.114. The molecule has 0 unspecified atom stereocenters. The van der Waals surface area contributed by atoms with E-state index in [0.29, 0.717) is 23.0 Å². The van der Waals surface area contributed by atoms with Crippen LogP contribution < -0.4 is 16.0 Å². The maximum atomic E-state index is 12.7. The Kier molecular flexibility index (Phi) is 5.87. The molecule has 7 nitrogen and oxygen atoms in total. The number of hydrogen-bond acceptors (Lipinski definition) is 5. The molecule has 7 heteroatoms. The van der Waals surface area contributed by atoms with Crippen LogP contribution in [0.5, 0.6) is 0 Å². The summed E-state index contributed by atoms with van der Waals surface area (Å²) in [6.45, 7) is 7.26. The van der Waals surface area contributed by atoms with Crippen molar-refractivity contribution in [1.82, 2.24) is 9.97 Å². The van der Waals surface area contributed by atoms with Crippen LogP contribution in [0.3, 0.4) is 0 Å². The Morgan fingerprint density at radius 2 is 1.48 bits per heavy atom. The van der Waals surface area contributed by atoms with E-state index in [1.165, 1.54) is 6.92 Å². The van der Waals surface area contributed by atoms with Gasteiger partial charge in [-0.2, -0.15) is 0 Å². The molecule has 1 aromatic heterocycles. The molecule has 3 N–H and O–H groups in total. The van der Waals surface area contributed by atoms with Crippen LogP contribution >= 0.6 is 0 Å². The van der Waals surface area contributed by atoms with E-state index in [4.69, 9.17) is 0 Å². The summed E-state index contributed by atoms with van der Waals surface area (Å²) >= 11 is 0. The summed E-state index contributed by atoms with van der Waals surface area (Å²) in [5, 5.41) is 8.69. The first-order valence-electron chi connectivity index (χ1n) is 9.19. The Morgan fingerprint density at radius 3 is 2.14 bits per heavy atom. The van der Waals surface area contributed by atoms with Crippen LogP contribution in [0, 0.1) is 20.8 Å². The minimum Gasteiger partial charge on any atom is -0.326 e. The molecule has 2 aromatic carbocycles. The fourth-order valence-electron chi connectivity index (χ4n) is 2.77. The molecule has 0 aliphatic rings. The van der Waals surface area contributed by atoms with Crippen molar-refractivity contribution in [2.24, 2.45) is 0 Å². The number of hydrogen-bond donors (Lipinski definition) is 3. The molecule has 148 valence electrons. The average molecular weight is 389 g/mol. The molecular formula is C22H23N5O2. The van der Waals surface area contributed by atoms with Gasteiger partial charge in [-0.3, -0.25) is 9.59 Å². The number of carbonyl (C=O) groups is 2. The zero-order valence-corrected chi connectivity index (χ0v) is 16.8. The number of amides is 2. The molecular weight excluding hydrogens is 366 g/mol. The molecule has 0 fully saturated rings. The summed E-state index contributed by atoms with van der Waals surface area (Å²) in [4.78, 5) is 32.5. The summed E-state index contributed by atoms with van der Waals surface area (Å²) < 4.78 is 0. The monoisotopic (exact) mass is 389 g/mol. The Morgan fingerprint density at radius 1 is 0.828 bits per heavy atom. The largest absolute Gasteiger partial charge is 0.326 e. The van der Waals surface area contributed by atoms with Crippen molar-refractivity contribution in [3.05, 3.63) is 71.0 Å². The number of nitrogens with one attached hydrogen (secondary N) is 3. The fraction of sp³-hybridized carbons (Fsp3) is 0.182. The first-order chi connectivity index (χ1) is 13.8. The lowest BCUT2D eigenvalue weighted by atomic mass is 10.1. The van der Waals surface area contributed by atoms with Crippen molar-refractivity contribution in [3.63, 3.8) is 0 Å². The van der Waals surface area contributed by atoms with E-state index in [9.17, 15) is 9.59 Å². The number of aromatic nitrogens is 2. The first kappa shape index (κ1) is 20.0. The van der Waals surface area contributed by atoms with Crippen LogP contribution in [-0.2, 0) is 4.79 Å². The lowest BCUT2D eigenvalue weighted by Crippen LogP contribution is -2.15. The Labute approximate surface area is 169 Å². The van der Waals surface area contributed by atoms with E-state index in [1.54, 1.807) is 30.3 Å². The number of benzene rings is 2. The van der Waals surface area contributed by atoms with Crippen LogP contribution in [-0.4, -0.2) is 21.8 Å². The van der Waals surface area contributed by atoms with Crippen molar-refractivity contribution in [3.8, 4) is 0 Å². The second-order valence-corrected chi connectivity index (χ2v) is 6.87. The summed E-state index contributed by atoms with van der Waals surface area (Å²) in [5.41, 5.74) is 5.28. The highest BCUT2D eigenvalue weighted by Gasteiger charge is 2.12. The third-order valence-corrected chi connectivity index (χ3v) is 4.19. The van der Waals surface area contributed by atoms with E-state index in [2.05, 4.69) is 25.9 Å². The van der Waals surface area contributed by atoms with Gasteiger partial charge in [0.25, 0.3) is 5.91 Å². The predicted molar refractivity (Wildman–Crippen MR) is 115 cm³/mol. The van der Waals surface area contributed by atoms with Gasteiger partial charge in [-0.05, 0) is 68.3 Å². The van der Waals surface area contributed by atoms with Crippen LogP contribution in [0.15, 0.2) is 48.5 Å². The normalized spacial score (nSPS) is 10.3. The maximum absolute atomic E-state index is 12.7. The highest BCUT2D eigenvalue weighted by atomic mass is 16.2. The topological polar surface area (TPSA) is 96.0 Å². The van der Waals surface area contributed by atoms with Crippen LogP contribution in [0.2, 0.25) is 0 Å². The smallest absolute Gasteiger partial charge is 0.274 e. The van der Waals surface area contributed by atoms with Crippen LogP contribution in [0.25, 0.3) is 0 Å².